The van der Waals surface area contributed by atoms with E-state index in [0.717, 1.165) is 18.6 Å². The Balaban J connectivity index is 2.32. The van der Waals surface area contributed by atoms with Gasteiger partial charge in [-0.25, -0.2) is 9.78 Å². The second kappa shape index (κ2) is 4.40. The fourth-order valence-corrected chi connectivity index (χ4v) is 1.79. The van der Waals surface area contributed by atoms with Crippen LogP contribution in [0.4, 0.5) is 0 Å². The molecular weight excluding hydrogens is 194 g/mol. The minimum atomic E-state index is -0.377. The lowest BCUT2D eigenvalue weighted by Gasteiger charge is -2.11. The van der Waals surface area contributed by atoms with Gasteiger partial charge in [-0.2, -0.15) is 0 Å². The molecule has 1 aromatic rings. The van der Waals surface area contributed by atoms with Crippen molar-refractivity contribution in [3.63, 3.8) is 0 Å². The summed E-state index contributed by atoms with van der Waals surface area (Å²) >= 11 is 0. The highest BCUT2D eigenvalue weighted by Gasteiger charge is 2.24. The summed E-state index contributed by atoms with van der Waals surface area (Å²) in [6.45, 7) is 1.41. The van der Waals surface area contributed by atoms with E-state index in [-0.39, 0.29) is 11.9 Å². The van der Waals surface area contributed by atoms with Crippen molar-refractivity contribution in [1.29, 1.82) is 0 Å². The van der Waals surface area contributed by atoms with Crippen LogP contribution in [0.1, 0.15) is 28.4 Å². The summed E-state index contributed by atoms with van der Waals surface area (Å²) in [5, 5.41) is 0. The number of esters is 1. The lowest BCUT2D eigenvalue weighted by Crippen LogP contribution is -2.11. The Morgan fingerprint density at radius 3 is 3.20 bits per heavy atom. The van der Waals surface area contributed by atoms with Gasteiger partial charge in [0.2, 0.25) is 0 Å². The summed E-state index contributed by atoms with van der Waals surface area (Å²) in [5.74, 6) is -0.106. The number of nitrogens with zero attached hydrogens (tertiary/aromatic N) is 1. The minimum absolute atomic E-state index is 0.271. The molecule has 1 fully saturated rings. The molecule has 0 aromatic carbocycles. The molecule has 15 heavy (non-hydrogen) atoms. The fourth-order valence-electron chi connectivity index (χ4n) is 1.79. The van der Waals surface area contributed by atoms with Gasteiger partial charge in [0.1, 0.15) is 0 Å². The quantitative estimate of drug-likeness (QED) is 0.687. The molecule has 4 heteroatoms. The lowest BCUT2D eigenvalue weighted by molar-refractivity contribution is 0.0592. The van der Waals surface area contributed by atoms with Crippen LogP contribution in [0.25, 0.3) is 0 Å². The Hall–Kier alpha value is -1.42. The molecule has 1 aliphatic heterocycles. The van der Waals surface area contributed by atoms with Gasteiger partial charge in [-0.05, 0) is 18.1 Å². The van der Waals surface area contributed by atoms with Gasteiger partial charge in [-0.3, -0.25) is 0 Å². The van der Waals surface area contributed by atoms with Gasteiger partial charge in [0.25, 0.3) is 0 Å². The molecule has 0 amide bonds. The van der Waals surface area contributed by atoms with Crippen molar-refractivity contribution >= 4 is 5.97 Å². The number of carbonyl (C=O) groups is 1. The highest BCUT2D eigenvalue weighted by Crippen LogP contribution is 2.27. The third kappa shape index (κ3) is 1.99. The van der Waals surface area contributed by atoms with E-state index in [1.807, 2.05) is 12.1 Å². The smallest absolute Gasteiger partial charge is 0.356 e. The molecule has 80 valence electrons. The van der Waals surface area contributed by atoms with E-state index in [1.165, 1.54) is 7.11 Å². The predicted octanol–water partition coefficient (Wildman–Crippen LogP) is 1.37. The summed E-state index contributed by atoms with van der Waals surface area (Å²) < 4.78 is 9.99. The van der Waals surface area contributed by atoms with Gasteiger partial charge in [0.15, 0.2) is 5.69 Å². The highest BCUT2D eigenvalue weighted by molar-refractivity contribution is 5.88. The molecule has 2 rings (SSSR count). The summed E-state index contributed by atoms with van der Waals surface area (Å²) in [6, 6.07) is 3.75. The first kappa shape index (κ1) is 10.1. The molecule has 0 bridgehead atoms. The SMILES string of the molecule is COC(=O)c1ncccc1C1CCOC1. The van der Waals surface area contributed by atoms with Gasteiger partial charge in [0.05, 0.1) is 13.7 Å². The fraction of sp³-hybridized carbons (Fsp3) is 0.455. The minimum Gasteiger partial charge on any atom is -0.464 e. The molecule has 1 aromatic heterocycles. The van der Waals surface area contributed by atoms with E-state index in [1.54, 1.807) is 6.20 Å². The van der Waals surface area contributed by atoms with E-state index in [9.17, 15) is 4.79 Å². The number of methoxy groups -OCH3 is 1. The van der Waals surface area contributed by atoms with E-state index in [2.05, 4.69) is 4.98 Å². The van der Waals surface area contributed by atoms with Crippen molar-refractivity contribution in [3.05, 3.63) is 29.6 Å². The average Bonchev–Trinajstić information content (AvgIpc) is 2.81. The molecule has 0 N–H and O–H groups in total. The van der Waals surface area contributed by atoms with Gasteiger partial charge in [-0.15, -0.1) is 0 Å². The van der Waals surface area contributed by atoms with Crippen molar-refractivity contribution in [1.82, 2.24) is 4.98 Å². The van der Waals surface area contributed by atoms with Crippen LogP contribution in [0.15, 0.2) is 18.3 Å². The first-order chi connectivity index (χ1) is 7.33. The molecule has 1 saturated heterocycles. The monoisotopic (exact) mass is 207 g/mol. The van der Waals surface area contributed by atoms with Crippen LogP contribution in [-0.4, -0.2) is 31.3 Å². The van der Waals surface area contributed by atoms with Crippen LogP contribution in [0.2, 0.25) is 0 Å². The molecule has 0 aliphatic carbocycles. The Bertz CT molecular complexity index is 359. The Labute approximate surface area is 88.2 Å². The maximum Gasteiger partial charge on any atom is 0.356 e. The van der Waals surface area contributed by atoms with E-state index in [0.29, 0.717) is 12.3 Å². The maximum absolute atomic E-state index is 11.5. The highest BCUT2D eigenvalue weighted by atomic mass is 16.5. The van der Waals surface area contributed by atoms with Crippen LogP contribution >= 0.6 is 0 Å². The summed E-state index contributed by atoms with van der Waals surface area (Å²) in [6.07, 6.45) is 2.54. The van der Waals surface area contributed by atoms with Crippen molar-refractivity contribution in [3.8, 4) is 0 Å². The van der Waals surface area contributed by atoms with E-state index in [4.69, 9.17) is 9.47 Å². The zero-order valence-corrected chi connectivity index (χ0v) is 8.60. The van der Waals surface area contributed by atoms with Gasteiger partial charge in [-0.1, -0.05) is 6.07 Å². The van der Waals surface area contributed by atoms with Crippen LogP contribution in [-0.2, 0) is 9.47 Å². The molecule has 0 spiro atoms. The zero-order valence-electron chi connectivity index (χ0n) is 8.60. The Morgan fingerprint density at radius 2 is 2.53 bits per heavy atom. The lowest BCUT2D eigenvalue weighted by atomic mass is 9.97. The maximum atomic E-state index is 11.5. The van der Waals surface area contributed by atoms with Crippen LogP contribution < -0.4 is 0 Å². The molecule has 1 atom stereocenters. The Morgan fingerprint density at radius 1 is 1.67 bits per heavy atom. The van der Waals surface area contributed by atoms with E-state index < -0.39 is 0 Å². The molecular formula is C11H13NO3. The third-order valence-corrected chi connectivity index (χ3v) is 2.59. The topological polar surface area (TPSA) is 48.4 Å². The van der Waals surface area contributed by atoms with Crippen molar-refractivity contribution in [2.24, 2.45) is 0 Å². The van der Waals surface area contributed by atoms with Crippen molar-refractivity contribution in [2.45, 2.75) is 12.3 Å². The summed E-state index contributed by atoms with van der Waals surface area (Å²) in [5.41, 5.74) is 1.34. The molecule has 1 aliphatic rings. The van der Waals surface area contributed by atoms with Gasteiger partial charge in [0, 0.05) is 18.7 Å². The van der Waals surface area contributed by atoms with Crippen LogP contribution in [0.5, 0.6) is 0 Å². The first-order valence-corrected chi connectivity index (χ1v) is 4.94. The number of rotatable bonds is 2. The van der Waals surface area contributed by atoms with Gasteiger partial charge < -0.3 is 9.47 Å². The average molecular weight is 207 g/mol. The second-order valence-electron chi connectivity index (χ2n) is 3.49. The molecule has 4 nitrogen and oxygen atoms in total. The zero-order chi connectivity index (χ0) is 10.7. The molecule has 2 heterocycles. The number of hydrogen-bond acceptors (Lipinski definition) is 4. The van der Waals surface area contributed by atoms with E-state index >= 15 is 0 Å². The number of hydrogen-bond donors (Lipinski definition) is 0. The number of aromatic nitrogens is 1. The first-order valence-electron chi connectivity index (χ1n) is 4.94. The van der Waals surface area contributed by atoms with Crippen molar-refractivity contribution in [2.75, 3.05) is 20.3 Å². The number of carbonyl (C=O) groups excluding carboxylic acids is 1. The second-order valence-corrected chi connectivity index (χ2v) is 3.49. The molecule has 0 saturated carbocycles. The standard InChI is InChI=1S/C11H13NO3/c1-14-11(13)10-9(3-2-5-12-10)8-4-6-15-7-8/h2-3,5,8H,4,6-7H2,1H3. The normalized spacial score (nSPS) is 20.2. The third-order valence-electron chi connectivity index (χ3n) is 2.59. The van der Waals surface area contributed by atoms with Crippen molar-refractivity contribution < 1.29 is 14.3 Å². The number of ether oxygens (including phenoxy) is 2. The summed E-state index contributed by atoms with van der Waals surface area (Å²) in [7, 11) is 1.37. The Kier molecular flexibility index (Phi) is 2.97. The summed E-state index contributed by atoms with van der Waals surface area (Å²) in [4.78, 5) is 15.5. The largest absolute Gasteiger partial charge is 0.464 e. The molecule has 0 radical (unpaired) electrons. The predicted molar refractivity (Wildman–Crippen MR) is 53.8 cm³/mol. The van der Waals surface area contributed by atoms with Crippen LogP contribution in [0, 0.1) is 0 Å². The van der Waals surface area contributed by atoms with Crippen LogP contribution in [0.3, 0.4) is 0 Å². The number of pyridine rings is 1. The van der Waals surface area contributed by atoms with Gasteiger partial charge >= 0.3 is 5.97 Å². The molecule has 1 unspecified atom stereocenters.